The molecule has 3 aromatic rings. The molecule has 7 heterocycles. The van der Waals surface area contributed by atoms with Gasteiger partial charge in [0.2, 0.25) is 11.8 Å². The number of alkyl halides is 2. The number of likely N-dealkylation sites (tertiary alicyclic amines) is 1. The summed E-state index contributed by atoms with van der Waals surface area (Å²) in [5.74, 6) is -5.22. The van der Waals surface area contributed by atoms with E-state index in [0.717, 1.165) is 56.6 Å². The van der Waals surface area contributed by atoms with Gasteiger partial charge in [-0.25, -0.2) is 17.6 Å². The molecule has 13 nitrogen and oxygen atoms in total. The number of benzene rings is 2. The number of rotatable bonds is 7. The van der Waals surface area contributed by atoms with Crippen LogP contribution in [0.5, 0.6) is 5.75 Å². The molecule has 0 radical (unpaired) electrons. The fraction of sp³-hybridized carbons (Fsp3) is 0.525. The van der Waals surface area contributed by atoms with E-state index < -0.39 is 47.7 Å². The molecule has 1 aromatic heterocycles. The van der Waals surface area contributed by atoms with Crippen LogP contribution < -0.4 is 20.4 Å². The molecule has 3 N–H and O–H groups in total. The van der Waals surface area contributed by atoms with Crippen LogP contribution in [0.15, 0.2) is 36.4 Å². The number of aromatic nitrogens is 2. The van der Waals surface area contributed by atoms with Crippen molar-refractivity contribution in [2.45, 2.75) is 43.8 Å². The smallest absolute Gasteiger partial charge is 0.269 e. The highest BCUT2D eigenvalue weighted by Crippen LogP contribution is 2.53. The lowest BCUT2D eigenvalue weighted by atomic mass is 9.91. The number of piperidine rings is 3. The van der Waals surface area contributed by atoms with E-state index in [1.807, 2.05) is 0 Å². The number of nitrogens with zero attached hydrogens (tertiary/aromatic N) is 7. The zero-order valence-electron chi connectivity index (χ0n) is 31.1. The van der Waals surface area contributed by atoms with Crippen LogP contribution in [0.4, 0.5) is 34.8 Å². The average molecular weight is 790 g/mol. The Kier molecular flexibility index (Phi) is 8.62. The molecular weight excluding hydrogens is 746 g/mol. The molecule has 5 fully saturated rings. The number of phenolic OH excluding ortho intramolecular Hbond substituents is 1. The maximum Gasteiger partial charge on any atom is 0.269 e. The zero-order valence-corrected chi connectivity index (χ0v) is 31.1. The summed E-state index contributed by atoms with van der Waals surface area (Å²) in [4.78, 5) is 47.4. The first-order valence-corrected chi connectivity index (χ1v) is 19.8. The molecule has 17 heteroatoms. The van der Waals surface area contributed by atoms with Crippen molar-refractivity contribution in [2.24, 2.45) is 23.7 Å². The highest BCUT2D eigenvalue weighted by Gasteiger charge is 2.57. The fourth-order valence-corrected chi connectivity index (χ4v) is 10.3. The molecule has 1 saturated carbocycles. The SMILES string of the molecule is O=C1CCC(N2Cc3ccc(N4CCC(CN5C[C@@H]6C(CN7CCN8c9cc(-c%10cc(F)cc(F)c%10O)nnc9NC[C@H]8C7)[C@@H]6C5)C(F)(F)C4)cc3C2=O)C(=O)N1. The third kappa shape index (κ3) is 6.42. The highest BCUT2D eigenvalue weighted by molar-refractivity contribution is 6.05. The van der Waals surface area contributed by atoms with Gasteiger partial charge in [-0.3, -0.25) is 24.6 Å². The van der Waals surface area contributed by atoms with Crippen LogP contribution in [0.1, 0.15) is 35.2 Å². The molecule has 1 aliphatic carbocycles. The number of amides is 3. The monoisotopic (exact) mass is 789 g/mol. The number of imide groups is 1. The lowest BCUT2D eigenvalue weighted by Crippen LogP contribution is -2.58. The van der Waals surface area contributed by atoms with Gasteiger partial charge in [0.15, 0.2) is 17.4 Å². The summed E-state index contributed by atoms with van der Waals surface area (Å²) in [6.45, 7) is 6.32. The first kappa shape index (κ1) is 36.3. The van der Waals surface area contributed by atoms with Gasteiger partial charge in [-0.05, 0) is 60.4 Å². The molecule has 3 amide bonds. The molecule has 3 unspecified atom stereocenters. The van der Waals surface area contributed by atoms with E-state index in [-0.39, 0.29) is 48.5 Å². The third-order valence-electron chi connectivity index (χ3n) is 13.5. The van der Waals surface area contributed by atoms with E-state index in [1.165, 1.54) is 4.90 Å². The number of anilines is 3. The maximum atomic E-state index is 15.8. The summed E-state index contributed by atoms with van der Waals surface area (Å²) in [7, 11) is 0. The lowest BCUT2D eigenvalue weighted by molar-refractivity contribution is -0.136. The fourth-order valence-electron chi connectivity index (χ4n) is 10.3. The first-order chi connectivity index (χ1) is 27.4. The number of hydrogen-bond donors (Lipinski definition) is 3. The molecule has 6 aliphatic heterocycles. The number of aromatic hydroxyl groups is 1. The number of phenols is 1. The van der Waals surface area contributed by atoms with Crippen molar-refractivity contribution in [3.05, 3.63) is 59.2 Å². The van der Waals surface area contributed by atoms with Gasteiger partial charge in [0.1, 0.15) is 11.9 Å². The van der Waals surface area contributed by atoms with Crippen molar-refractivity contribution in [3.8, 4) is 17.0 Å². The Morgan fingerprint density at radius 1 is 0.877 bits per heavy atom. The minimum atomic E-state index is -2.90. The zero-order chi connectivity index (χ0) is 39.3. The molecular formula is C40H43F4N9O4. The van der Waals surface area contributed by atoms with Crippen molar-refractivity contribution < 1.29 is 37.1 Å². The van der Waals surface area contributed by atoms with Crippen LogP contribution in [-0.4, -0.2) is 131 Å². The Labute approximate surface area is 326 Å². The van der Waals surface area contributed by atoms with E-state index in [1.54, 1.807) is 29.2 Å². The molecule has 7 aliphatic rings. The minimum absolute atomic E-state index is 0.0523. The Bertz CT molecular complexity index is 2160. The van der Waals surface area contributed by atoms with Gasteiger partial charge >= 0.3 is 0 Å². The van der Waals surface area contributed by atoms with Crippen molar-refractivity contribution in [1.82, 2.24) is 30.2 Å². The normalized spacial score (nSPS) is 29.4. The van der Waals surface area contributed by atoms with Crippen LogP contribution in [0.25, 0.3) is 11.3 Å². The topological polar surface area (TPSA) is 137 Å². The van der Waals surface area contributed by atoms with Crippen LogP contribution in [-0.2, 0) is 16.1 Å². The second kappa shape index (κ2) is 13.5. The molecule has 2 aromatic carbocycles. The quantitative estimate of drug-likeness (QED) is 0.241. The van der Waals surface area contributed by atoms with E-state index in [0.29, 0.717) is 66.9 Å². The third-order valence-corrected chi connectivity index (χ3v) is 13.5. The summed E-state index contributed by atoms with van der Waals surface area (Å²) in [6.07, 6.45) is 0.770. The number of carbonyl (C=O) groups excluding carboxylic acids is 3. The summed E-state index contributed by atoms with van der Waals surface area (Å²) in [6, 6.07) is 8.05. The van der Waals surface area contributed by atoms with Gasteiger partial charge < -0.3 is 30.0 Å². The van der Waals surface area contributed by atoms with Crippen LogP contribution >= 0.6 is 0 Å². The van der Waals surface area contributed by atoms with Crippen molar-refractivity contribution >= 4 is 34.9 Å². The number of nitrogens with one attached hydrogen (secondary N) is 2. The van der Waals surface area contributed by atoms with Crippen molar-refractivity contribution in [1.29, 1.82) is 0 Å². The minimum Gasteiger partial charge on any atom is -0.504 e. The number of piperazine rings is 1. The van der Waals surface area contributed by atoms with Gasteiger partial charge in [-0.2, -0.15) is 0 Å². The predicted octanol–water partition coefficient (Wildman–Crippen LogP) is 3.14. The Balaban J connectivity index is 0.710. The highest BCUT2D eigenvalue weighted by atomic mass is 19.3. The van der Waals surface area contributed by atoms with E-state index in [4.69, 9.17) is 0 Å². The Hall–Kier alpha value is -5.03. The van der Waals surface area contributed by atoms with Gasteiger partial charge in [-0.15, -0.1) is 10.2 Å². The summed E-state index contributed by atoms with van der Waals surface area (Å²) >= 11 is 0. The molecule has 4 saturated heterocycles. The van der Waals surface area contributed by atoms with Crippen molar-refractivity contribution in [3.63, 3.8) is 0 Å². The van der Waals surface area contributed by atoms with Crippen LogP contribution in [0.3, 0.4) is 0 Å². The average Bonchev–Trinajstić information content (AvgIpc) is 3.45. The molecule has 10 rings (SSSR count). The molecule has 0 bridgehead atoms. The second-order valence-electron chi connectivity index (χ2n) is 16.9. The molecule has 300 valence electrons. The number of hydrogen-bond acceptors (Lipinski definition) is 11. The lowest BCUT2D eigenvalue weighted by Gasteiger charge is -2.46. The van der Waals surface area contributed by atoms with Gasteiger partial charge in [-0.1, -0.05) is 6.07 Å². The van der Waals surface area contributed by atoms with Gasteiger partial charge in [0.25, 0.3) is 11.8 Å². The molecule has 0 spiro atoms. The summed E-state index contributed by atoms with van der Waals surface area (Å²) < 4.78 is 59.6. The van der Waals surface area contributed by atoms with Crippen LogP contribution in [0.2, 0.25) is 0 Å². The Morgan fingerprint density at radius 3 is 2.49 bits per heavy atom. The van der Waals surface area contributed by atoms with Gasteiger partial charge in [0, 0.05) is 101 Å². The first-order valence-electron chi connectivity index (χ1n) is 19.8. The van der Waals surface area contributed by atoms with E-state index in [2.05, 4.69) is 35.5 Å². The Morgan fingerprint density at radius 2 is 1.70 bits per heavy atom. The summed E-state index contributed by atoms with van der Waals surface area (Å²) in [5.41, 5.74) is 2.65. The standard InChI is InChI=1S/C40H43F4N9O4/c41-23-9-27(36(55)31(42)10-23)32-12-34-37(48-47-32)45-13-25-16-49(7-8-52(25)34)17-28-29-18-50(19-30(28)29)15-22-5-6-51(20-40(22,43)44)24-2-1-21-14-53(39(57)26(21)11-24)33-3-4-35(54)46-38(33)56/h1-2,9-12,22,25,28-30,33,55H,3-8,13-20H2,(H,45,48)(H,46,54,56)/t22?,25-,28?,29-,30+,33?/m0/s1. The van der Waals surface area contributed by atoms with E-state index in [9.17, 15) is 28.3 Å². The number of fused-ring (bicyclic) bond motifs is 5. The number of halogens is 4. The summed E-state index contributed by atoms with van der Waals surface area (Å²) in [5, 5.41) is 24.3. The van der Waals surface area contributed by atoms with Gasteiger partial charge in [0.05, 0.1) is 24.0 Å². The number of carbonyl (C=O) groups is 3. The van der Waals surface area contributed by atoms with Crippen LogP contribution in [0, 0.1) is 35.3 Å². The van der Waals surface area contributed by atoms with E-state index >= 15 is 8.78 Å². The predicted molar refractivity (Wildman–Crippen MR) is 200 cm³/mol. The molecule has 57 heavy (non-hydrogen) atoms. The second-order valence-corrected chi connectivity index (χ2v) is 16.9. The largest absolute Gasteiger partial charge is 0.504 e. The maximum absolute atomic E-state index is 15.8. The van der Waals surface area contributed by atoms with Crippen molar-refractivity contribution in [2.75, 3.05) is 80.6 Å². The molecule has 6 atom stereocenters.